The molecule has 0 aliphatic heterocycles. The third-order valence-corrected chi connectivity index (χ3v) is 3.01. The maximum atomic E-state index is 11.7. The predicted molar refractivity (Wildman–Crippen MR) is 73.9 cm³/mol. The normalized spacial score (nSPS) is 9.37. The van der Waals surface area contributed by atoms with Crippen LogP contribution < -0.4 is 10.6 Å². The number of rotatable bonds is 5. The van der Waals surface area contributed by atoms with Gasteiger partial charge in [-0.15, -0.1) is 11.3 Å². The van der Waals surface area contributed by atoms with E-state index in [9.17, 15) is 9.59 Å². The number of hydrogen-bond donors (Lipinski definition) is 3. The number of carbonyl (C=O) groups is 2. The van der Waals surface area contributed by atoms with Gasteiger partial charge in [0.25, 0.3) is 5.91 Å². The molecular weight excluding hydrogens is 264 g/mol. The molecule has 102 valence electrons. The van der Waals surface area contributed by atoms with E-state index in [-0.39, 0.29) is 24.8 Å². The molecule has 1 rings (SSSR count). The van der Waals surface area contributed by atoms with E-state index in [1.165, 1.54) is 11.3 Å². The highest BCUT2D eigenvalue weighted by Crippen LogP contribution is 2.13. The molecule has 1 aromatic heterocycles. The molecule has 0 saturated carbocycles. The zero-order valence-electron chi connectivity index (χ0n) is 10.7. The maximum absolute atomic E-state index is 11.7. The molecule has 1 heterocycles. The summed E-state index contributed by atoms with van der Waals surface area (Å²) in [6, 6.07) is 1.66. The summed E-state index contributed by atoms with van der Waals surface area (Å²) >= 11 is 1.34. The summed E-state index contributed by atoms with van der Waals surface area (Å²) < 4.78 is 0. The average Bonchev–Trinajstić information content (AvgIpc) is 2.85. The number of amides is 2. The highest BCUT2D eigenvalue weighted by Gasteiger charge is 2.08. The molecule has 0 spiro atoms. The standard InChI is InChI=1S/C13H16N2O3S/c1-2-14-12(17)5-6-15-13(18)10-8-11(19-9-10)4-3-7-16/h8-9,16H,2,5-7H2,1H3,(H,14,17)(H,15,18). The first-order chi connectivity index (χ1) is 9.17. The molecule has 0 saturated heterocycles. The number of hydrogen-bond acceptors (Lipinski definition) is 4. The zero-order chi connectivity index (χ0) is 14.1. The summed E-state index contributed by atoms with van der Waals surface area (Å²) in [5.41, 5.74) is 0.517. The second-order valence-electron chi connectivity index (χ2n) is 3.62. The fourth-order valence-electron chi connectivity index (χ4n) is 1.32. The van der Waals surface area contributed by atoms with Crippen LogP contribution in [0.25, 0.3) is 0 Å². The summed E-state index contributed by atoms with van der Waals surface area (Å²) in [5.74, 6) is 4.95. The summed E-state index contributed by atoms with van der Waals surface area (Å²) in [6.07, 6.45) is 0.265. The van der Waals surface area contributed by atoms with Crippen molar-refractivity contribution in [3.05, 3.63) is 21.9 Å². The van der Waals surface area contributed by atoms with Crippen LogP contribution in [0.2, 0.25) is 0 Å². The summed E-state index contributed by atoms with van der Waals surface area (Å²) in [7, 11) is 0. The number of thiophene rings is 1. The van der Waals surface area contributed by atoms with Gasteiger partial charge < -0.3 is 15.7 Å². The minimum atomic E-state index is -0.224. The number of carbonyl (C=O) groups excluding carboxylic acids is 2. The highest BCUT2D eigenvalue weighted by atomic mass is 32.1. The van der Waals surface area contributed by atoms with E-state index in [4.69, 9.17) is 5.11 Å². The lowest BCUT2D eigenvalue weighted by Crippen LogP contribution is -2.30. The Kier molecular flexibility index (Phi) is 6.64. The lowest BCUT2D eigenvalue weighted by Gasteiger charge is -2.03. The quantitative estimate of drug-likeness (QED) is 0.681. The van der Waals surface area contributed by atoms with Crippen molar-refractivity contribution in [3.63, 3.8) is 0 Å². The van der Waals surface area contributed by atoms with E-state index >= 15 is 0 Å². The first-order valence-corrected chi connectivity index (χ1v) is 6.78. The lowest BCUT2D eigenvalue weighted by molar-refractivity contribution is -0.120. The molecular formula is C13H16N2O3S. The molecule has 2 amide bonds. The van der Waals surface area contributed by atoms with Crippen LogP contribution in [0.3, 0.4) is 0 Å². The van der Waals surface area contributed by atoms with Crippen molar-refractivity contribution < 1.29 is 14.7 Å². The fourth-order valence-corrected chi connectivity index (χ4v) is 2.08. The van der Waals surface area contributed by atoms with E-state index < -0.39 is 0 Å². The van der Waals surface area contributed by atoms with Gasteiger partial charge in [-0.05, 0) is 13.0 Å². The van der Waals surface area contributed by atoms with Crippen LogP contribution in [0.15, 0.2) is 11.4 Å². The van der Waals surface area contributed by atoms with E-state index in [0.29, 0.717) is 18.7 Å². The highest BCUT2D eigenvalue weighted by molar-refractivity contribution is 7.10. The van der Waals surface area contributed by atoms with Gasteiger partial charge in [-0.3, -0.25) is 9.59 Å². The number of nitrogens with one attached hydrogen (secondary N) is 2. The second-order valence-corrected chi connectivity index (χ2v) is 4.53. The van der Waals surface area contributed by atoms with Gasteiger partial charge in [0.15, 0.2) is 0 Å². The molecule has 0 unspecified atom stereocenters. The van der Waals surface area contributed by atoms with E-state index in [1.54, 1.807) is 11.4 Å². The molecule has 0 fully saturated rings. The molecule has 6 heteroatoms. The summed E-state index contributed by atoms with van der Waals surface area (Å²) in [5, 5.41) is 15.6. The smallest absolute Gasteiger partial charge is 0.252 e. The van der Waals surface area contributed by atoms with Crippen molar-refractivity contribution in [2.75, 3.05) is 19.7 Å². The summed E-state index contributed by atoms with van der Waals surface area (Å²) in [4.78, 5) is 23.6. The lowest BCUT2D eigenvalue weighted by atomic mass is 10.3. The fraction of sp³-hybridized carbons (Fsp3) is 0.385. The van der Waals surface area contributed by atoms with Gasteiger partial charge >= 0.3 is 0 Å². The van der Waals surface area contributed by atoms with Gasteiger partial charge in [0.2, 0.25) is 5.91 Å². The molecule has 0 aliphatic carbocycles. The van der Waals surface area contributed by atoms with Crippen molar-refractivity contribution in [2.45, 2.75) is 13.3 Å². The maximum Gasteiger partial charge on any atom is 0.252 e. The van der Waals surface area contributed by atoms with Gasteiger partial charge in [0.05, 0.1) is 10.4 Å². The van der Waals surface area contributed by atoms with Crippen molar-refractivity contribution >= 4 is 23.2 Å². The Morgan fingerprint density at radius 2 is 2.21 bits per heavy atom. The zero-order valence-corrected chi connectivity index (χ0v) is 11.5. The molecule has 1 aromatic rings. The Labute approximate surface area is 116 Å². The topological polar surface area (TPSA) is 78.4 Å². The van der Waals surface area contributed by atoms with Crippen LogP contribution >= 0.6 is 11.3 Å². The first-order valence-electron chi connectivity index (χ1n) is 5.90. The Hall–Kier alpha value is -1.84. The minimum absolute atomic E-state index is 0.0809. The molecule has 0 radical (unpaired) electrons. The van der Waals surface area contributed by atoms with Gasteiger partial charge in [0, 0.05) is 24.9 Å². The van der Waals surface area contributed by atoms with Crippen LogP contribution in [-0.4, -0.2) is 36.6 Å². The second kappa shape index (κ2) is 8.29. The van der Waals surface area contributed by atoms with Crippen molar-refractivity contribution in [1.82, 2.24) is 10.6 Å². The Morgan fingerprint density at radius 1 is 1.42 bits per heavy atom. The van der Waals surface area contributed by atoms with Crippen LogP contribution in [0.1, 0.15) is 28.6 Å². The van der Waals surface area contributed by atoms with Crippen molar-refractivity contribution in [1.29, 1.82) is 0 Å². The van der Waals surface area contributed by atoms with Crippen LogP contribution in [0.5, 0.6) is 0 Å². The third kappa shape index (κ3) is 5.55. The predicted octanol–water partition coefficient (Wildman–Crippen LogP) is 0.348. The van der Waals surface area contributed by atoms with Crippen molar-refractivity contribution in [3.8, 4) is 11.8 Å². The summed E-state index contributed by atoms with van der Waals surface area (Å²) in [6.45, 7) is 2.53. The van der Waals surface area contributed by atoms with Crippen LogP contribution in [-0.2, 0) is 4.79 Å². The van der Waals surface area contributed by atoms with Gasteiger partial charge in [0.1, 0.15) is 6.61 Å². The number of aliphatic hydroxyl groups is 1. The van der Waals surface area contributed by atoms with E-state index in [0.717, 1.165) is 4.88 Å². The molecule has 0 aliphatic rings. The van der Waals surface area contributed by atoms with Crippen molar-refractivity contribution in [2.24, 2.45) is 0 Å². The number of aliphatic hydroxyl groups excluding tert-OH is 1. The minimum Gasteiger partial charge on any atom is -0.384 e. The van der Waals surface area contributed by atoms with Gasteiger partial charge in [-0.25, -0.2) is 0 Å². The Balaban J connectivity index is 2.41. The van der Waals surface area contributed by atoms with Crippen LogP contribution in [0.4, 0.5) is 0 Å². The molecule has 19 heavy (non-hydrogen) atoms. The molecule has 0 atom stereocenters. The van der Waals surface area contributed by atoms with Crippen LogP contribution in [0, 0.1) is 11.8 Å². The van der Waals surface area contributed by atoms with E-state index in [1.807, 2.05) is 6.92 Å². The van der Waals surface area contributed by atoms with Gasteiger partial charge in [-0.2, -0.15) is 0 Å². The monoisotopic (exact) mass is 280 g/mol. The SMILES string of the molecule is CCNC(=O)CCNC(=O)c1csc(C#CCO)c1. The Bertz CT molecular complexity index is 499. The largest absolute Gasteiger partial charge is 0.384 e. The molecule has 0 aromatic carbocycles. The Morgan fingerprint density at radius 3 is 2.89 bits per heavy atom. The molecule has 5 nitrogen and oxygen atoms in total. The first kappa shape index (κ1) is 15.2. The van der Waals surface area contributed by atoms with E-state index in [2.05, 4.69) is 22.5 Å². The average molecular weight is 280 g/mol. The molecule has 0 bridgehead atoms. The third-order valence-electron chi connectivity index (χ3n) is 2.16. The van der Waals surface area contributed by atoms with Gasteiger partial charge in [-0.1, -0.05) is 11.8 Å². The molecule has 3 N–H and O–H groups in total.